The number of nitrogens with zero attached hydrogens (tertiary/aromatic N) is 1. The van der Waals surface area contributed by atoms with Crippen molar-refractivity contribution >= 4 is 17.5 Å². The van der Waals surface area contributed by atoms with Crippen LogP contribution in [-0.4, -0.2) is 16.8 Å². The Morgan fingerprint density at radius 1 is 0.846 bits per heavy atom. The van der Waals surface area contributed by atoms with E-state index in [-0.39, 0.29) is 12.5 Å². The van der Waals surface area contributed by atoms with Gasteiger partial charge in [0.2, 0.25) is 0 Å². The number of pyridine rings is 1. The fourth-order valence-corrected chi connectivity index (χ4v) is 2.30. The summed E-state index contributed by atoms with van der Waals surface area (Å²) in [7, 11) is 0. The van der Waals surface area contributed by atoms with Gasteiger partial charge in [0.15, 0.2) is 0 Å². The predicted octanol–water partition coefficient (Wildman–Crippen LogP) is 3.20. The second-order valence-electron chi connectivity index (χ2n) is 5.44. The molecule has 130 valence electrons. The molecule has 3 aromatic rings. The van der Waals surface area contributed by atoms with Crippen LogP contribution < -0.4 is 10.8 Å². The first-order valence-electron chi connectivity index (χ1n) is 8.00. The number of hydrogen-bond acceptors (Lipinski definition) is 4. The Bertz CT molecular complexity index is 883. The molecule has 26 heavy (non-hydrogen) atoms. The highest BCUT2D eigenvalue weighted by Gasteiger charge is 2.14. The molecule has 2 aromatic carbocycles. The van der Waals surface area contributed by atoms with Gasteiger partial charge in [-0.1, -0.05) is 42.5 Å². The van der Waals surface area contributed by atoms with Gasteiger partial charge >= 0.3 is 0 Å². The Morgan fingerprint density at radius 2 is 1.54 bits per heavy atom. The van der Waals surface area contributed by atoms with Crippen molar-refractivity contribution in [3.05, 3.63) is 95.8 Å². The van der Waals surface area contributed by atoms with Crippen LogP contribution in [0.4, 0.5) is 5.69 Å². The summed E-state index contributed by atoms with van der Waals surface area (Å²) >= 11 is 0. The summed E-state index contributed by atoms with van der Waals surface area (Å²) in [4.78, 5) is 33.8. The number of para-hydroxylation sites is 1. The SMILES string of the molecule is O=C(Nc1ccccc1C(=O)NOCc1ccccc1)c1ccncc1. The molecule has 0 unspecified atom stereocenters. The third-order valence-electron chi connectivity index (χ3n) is 3.61. The van der Waals surface area contributed by atoms with Gasteiger partial charge in [-0.15, -0.1) is 0 Å². The zero-order valence-electron chi connectivity index (χ0n) is 13.9. The zero-order chi connectivity index (χ0) is 18.2. The Kier molecular flexibility index (Phi) is 5.69. The van der Waals surface area contributed by atoms with Crippen LogP contribution in [0.1, 0.15) is 26.3 Å². The molecule has 1 aromatic heterocycles. The third-order valence-corrected chi connectivity index (χ3v) is 3.61. The second kappa shape index (κ2) is 8.55. The molecule has 1 heterocycles. The van der Waals surface area contributed by atoms with Crippen LogP contribution in [-0.2, 0) is 11.4 Å². The maximum Gasteiger partial charge on any atom is 0.276 e. The summed E-state index contributed by atoms with van der Waals surface area (Å²) in [5.41, 5.74) is 4.50. The van der Waals surface area contributed by atoms with Crippen molar-refractivity contribution in [1.82, 2.24) is 10.5 Å². The lowest BCUT2D eigenvalue weighted by molar-refractivity contribution is 0.0234. The van der Waals surface area contributed by atoms with Crippen molar-refractivity contribution in [3.63, 3.8) is 0 Å². The Hall–Kier alpha value is -3.51. The number of benzene rings is 2. The van der Waals surface area contributed by atoms with Crippen LogP contribution in [0.25, 0.3) is 0 Å². The smallest absolute Gasteiger partial charge is 0.276 e. The predicted molar refractivity (Wildman–Crippen MR) is 97.3 cm³/mol. The molecule has 0 bridgehead atoms. The number of anilines is 1. The van der Waals surface area contributed by atoms with Crippen molar-refractivity contribution in [2.24, 2.45) is 0 Å². The number of amides is 2. The molecule has 0 saturated carbocycles. The average molecular weight is 347 g/mol. The minimum atomic E-state index is -0.438. The molecular formula is C20H17N3O3. The van der Waals surface area contributed by atoms with Gasteiger partial charge in [-0.25, -0.2) is 5.48 Å². The lowest BCUT2D eigenvalue weighted by atomic mass is 10.1. The monoisotopic (exact) mass is 347 g/mol. The first kappa shape index (κ1) is 17.3. The van der Waals surface area contributed by atoms with Gasteiger partial charge in [0.25, 0.3) is 11.8 Å². The minimum Gasteiger partial charge on any atom is -0.321 e. The van der Waals surface area contributed by atoms with E-state index in [1.165, 1.54) is 12.4 Å². The molecule has 0 atom stereocenters. The highest BCUT2D eigenvalue weighted by atomic mass is 16.6. The highest BCUT2D eigenvalue weighted by Crippen LogP contribution is 2.16. The van der Waals surface area contributed by atoms with E-state index < -0.39 is 5.91 Å². The minimum absolute atomic E-state index is 0.248. The fourth-order valence-electron chi connectivity index (χ4n) is 2.30. The van der Waals surface area contributed by atoms with Crippen LogP contribution in [0.2, 0.25) is 0 Å². The number of hydrogen-bond donors (Lipinski definition) is 2. The molecule has 0 spiro atoms. The van der Waals surface area contributed by atoms with E-state index in [4.69, 9.17) is 4.84 Å². The van der Waals surface area contributed by atoms with Crippen LogP contribution in [0, 0.1) is 0 Å². The van der Waals surface area contributed by atoms with E-state index in [1.54, 1.807) is 36.4 Å². The first-order valence-corrected chi connectivity index (χ1v) is 8.00. The largest absolute Gasteiger partial charge is 0.321 e. The summed E-state index contributed by atoms with van der Waals surface area (Å²) < 4.78 is 0. The molecular weight excluding hydrogens is 330 g/mol. The Labute approximate surface area is 150 Å². The normalized spacial score (nSPS) is 10.2. The van der Waals surface area contributed by atoms with Crippen molar-refractivity contribution in [1.29, 1.82) is 0 Å². The van der Waals surface area contributed by atoms with E-state index in [9.17, 15) is 9.59 Å². The number of carbonyl (C=O) groups excluding carboxylic acids is 2. The number of nitrogens with one attached hydrogen (secondary N) is 2. The van der Waals surface area contributed by atoms with Gasteiger partial charge < -0.3 is 5.32 Å². The molecule has 2 amide bonds. The van der Waals surface area contributed by atoms with E-state index in [1.807, 2.05) is 30.3 Å². The molecule has 0 aliphatic rings. The molecule has 0 aliphatic carbocycles. The van der Waals surface area contributed by atoms with Gasteiger partial charge in [-0.2, -0.15) is 0 Å². The van der Waals surface area contributed by atoms with Gasteiger partial charge in [0, 0.05) is 18.0 Å². The summed E-state index contributed by atoms with van der Waals surface area (Å²) in [6, 6.07) is 19.4. The lowest BCUT2D eigenvalue weighted by Crippen LogP contribution is -2.25. The summed E-state index contributed by atoms with van der Waals surface area (Å²) in [6.45, 7) is 0.248. The van der Waals surface area contributed by atoms with Gasteiger partial charge in [-0.3, -0.25) is 19.4 Å². The molecule has 6 nitrogen and oxygen atoms in total. The molecule has 0 saturated heterocycles. The molecule has 0 fully saturated rings. The standard InChI is InChI=1S/C20H17N3O3/c24-19(16-10-12-21-13-11-16)22-18-9-5-4-8-17(18)20(25)23-26-14-15-6-2-1-3-7-15/h1-13H,14H2,(H,22,24)(H,23,25). The van der Waals surface area contributed by atoms with Gasteiger partial charge in [-0.05, 0) is 29.8 Å². The summed E-state index contributed by atoms with van der Waals surface area (Å²) in [6.07, 6.45) is 3.07. The summed E-state index contributed by atoms with van der Waals surface area (Å²) in [5.74, 6) is -0.760. The van der Waals surface area contributed by atoms with E-state index >= 15 is 0 Å². The maximum absolute atomic E-state index is 12.4. The molecule has 0 aliphatic heterocycles. The number of carbonyl (C=O) groups is 2. The van der Waals surface area contributed by atoms with E-state index in [2.05, 4.69) is 15.8 Å². The highest BCUT2D eigenvalue weighted by molar-refractivity contribution is 6.08. The maximum atomic E-state index is 12.4. The zero-order valence-corrected chi connectivity index (χ0v) is 13.9. The molecule has 6 heteroatoms. The summed E-state index contributed by atoms with van der Waals surface area (Å²) in [5, 5.41) is 2.73. The van der Waals surface area contributed by atoms with E-state index in [0.29, 0.717) is 16.8 Å². The van der Waals surface area contributed by atoms with Crippen molar-refractivity contribution in [2.75, 3.05) is 5.32 Å². The average Bonchev–Trinajstić information content (AvgIpc) is 2.70. The topological polar surface area (TPSA) is 80.3 Å². The molecule has 0 radical (unpaired) electrons. The van der Waals surface area contributed by atoms with Crippen molar-refractivity contribution in [2.45, 2.75) is 6.61 Å². The van der Waals surface area contributed by atoms with Crippen LogP contribution in [0.15, 0.2) is 79.1 Å². The number of aromatic nitrogens is 1. The van der Waals surface area contributed by atoms with Crippen molar-refractivity contribution < 1.29 is 14.4 Å². The second-order valence-corrected chi connectivity index (χ2v) is 5.44. The van der Waals surface area contributed by atoms with Crippen molar-refractivity contribution in [3.8, 4) is 0 Å². The molecule has 2 N–H and O–H groups in total. The quantitative estimate of drug-likeness (QED) is 0.671. The van der Waals surface area contributed by atoms with Crippen LogP contribution >= 0.6 is 0 Å². The number of hydroxylamine groups is 1. The van der Waals surface area contributed by atoms with Crippen LogP contribution in [0.3, 0.4) is 0 Å². The molecule has 3 rings (SSSR count). The van der Waals surface area contributed by atoms with Crippen LogP contribution in [0.5, 0.6) is 0 Å². The van der Waals surface area contributed by atoms with Gasteiger partial charge in [0.1, 0.15) is 0 Å². The third kappa shape index (κ3) is 4.52. The first-order chi connectivity index (χ1) is 12.7. The van der Waals surface area contributed by atoms with Gasteiger partial charge in [0.05, 0.1) is 17.9 Å². The lowest BCUT2D eigenvalue weighted by Gasteiger charge is -2.11. The fraction of sp³-hybridized carbons (Fsp3) is 0.0500. The number of rotatable bonds is 6. The Morgan fingerprint density at radius 3 is 2.31 bits per heavy atom. The van der Waals surface area contributed by atoms with E-state index in [0.717, 1.165) is 5.56 Å². The Balaban J connectivity index is 1.64.